The highest BCUT2D eigenvalue weighted by molar-refractivity contribution is 5.96. The van der Waals surface area contributed by atoms with Gasteiger partial charge in [-0.1, -0.05) is 13.3 Å². The van der Waals surface area contributed by atoms with Crippen molar-refractivity contribution in [2.24, 2.45) is 11.8 Å². The van der Waals surface area contributed by atoms with Crippen molar-refractivity contribution in [3.63, 3.8) is 0 Å². The predicted octanol–water partition coefficient (Wildman–Crippen LogP) is 0.490. The number of aliphatic hydroxyl groups is 1. The molecular weight excluding hydrogens is 194 g/mol. The van der Waals surface area contributed by atoms with E-state index >= 15 is 0 Å². The average molecular weight is 213 g/mol. The number of ketones is 1. The maximum absolute atomic E-state index is 11.5. The number of amides is 1. The van der Waals surface area contributed by atoms with Crippen LogP contribution in [0.15, 0.2) is 0 Å². The van der Waals surface area contributed by atoms with Crippen molar-refractivity contribution in [2.75, 3.05) is 13.2 Å². The van der Waals surface area contributed by atoms with E-state index in [4.69, 9.17) is 5.11 Å². The third kappa shape index (κ3) is 3.63. The van der Waals surface area contributed by atoms with Gasteiger partial charge in [0.25, 0.3) is 0 Å². The maximum Gasteiger partial charge on any atom is 0.224 e. The van der Waals surface area contributed by atoms with Crippen LogP contribution in [0.3, 0.4) is 0 Å². The number of aliphatic hydroxyl groups excluding tert-OH is 1. The number of nitrogens with one attached hydrogen (secondary N) is 1. The Bertz CT molecular complexity index is 232. The minimum atomic E-state index is -0.0934. The van der Waals surface area contributed by atoms with Crippen LogP contribution in [-0.2, 0) is 9.59 Å². The lowest BCUT2D eigenvalue weighted by atomic mass is 9.83. The molecule has 0 aromatic carbocycles. The van der Waals surface area contributed by atoms with Crippen LogP contribution >= 0.6 is 0 Å². The van der Waals surface area contributed by atoms with Gasteiger partial charge in [-0.25, -0.2) is 0 Å². The van der Waals surface area contributed by atoms with Crippen LogP contribution in [0.4, 0.5) is 0 Å². The second kappa shape index (κ2) is 5.85. The molecule has 0 aromatic heterocycles. The number of carbonyl (C=O) groups excluding carboxylic acids is 2. The molecular formula is C11H19NO3. The summed E-state index contributed by atoms with van der Waals surface area (Å²) in [7, 11) is 0. The second-order valence-corrected chi connectivity index (χ2v) is 4.18. The van der Waals surface area contributed by atoms with Gasteiger partial charge in [0, 0.05) is 26.0 Å². The largest absolute Gasteiger partial charge is 0.396 e. The first-order valence-corrected chi connectivity index (χ1v) is 5.57. The molecule has 1 aliphatic carbocycles. The topological polar surface area (TPSA) is 66.4 Å². The third-order valence-electron chi connectivity index (χ3n) is 3.00. The number of hydrogen-bond donors (Lipinski definition) is 2. The van der Waals surface area contributed by atoms with Crippen LogP contribution in [0.1, 0.15) is 32.6 Å². The van der Waals surface area contributed by atoms with Gasteiger partial charge in [-0.05, 0) is 12.3 Å². The van der Waals surface area contributed by atoms with E-state index in [2.05, 4.69) is 5.32 Å². The predicted molar refractivity (Wildman–Crippen MR) is 56.2 cm³/mol. The van der Waals surface area contributed by atoms with Crippen LogP contribution in [0.5, 0.6) is 0 Å². The number of rotatable bonds is 6. The van der Waals surface area contributed by atoms with Gasteiger partial charge in [0.05, 0.1) is 5.92 Å². The second-order valence-electron chi connectivity index (χ2n) is 4.18. The third-order valence-corrected chi connectivity index (χ3v) is 3.00. The molecule has 0 aliphatic heterocycles. The maximum atomic E-state index is 11.5. The monoisotopic (exact) mass is 213 g/mol. The zero-order valence-corrected chi connectivity index (χ0v) is 9.16. The quantitative estimate of drug-likeness (QED) is 0.675. The molecule has 1 aliphatic rings. The Balaban J connectivity index is 2.17. The van der Waals surface area contributed by atoms with E-state index in [1.54, 1.807) is 0 Å². The number of hydrogen-bond acceptors (Lipinski definition) is 3. The summed E-state index contributed by atoms with van der Waals surface area (Å²) in [6, 6.07) is 0. The fourth-order valence-electron chi connectivity index (χ4n) is 1.70. The van der Waals surface area contributed by atoms with Crippen LogP contribution < -0.4 is 5.32 Å². The minimum absolute atomic E-state index is 0.00834. The highest BCUT2D eigenvalue weighted by Gasteiger charge is 2.32. The summed E-state index contributed by atoms with van der Waals surface area (Å²) in [6.45, 7) is 2.82. The van der Waals surface area contributed by atoms with Crippen molar-refractivity contribution in [3.8, 4) is 0 Å². The molecule has 0 heterocycles. The van der Waals surface area contributed by atoms with E-state index in [0.29, 0.717) is 25.3 Å². The van der Waals surface area contributed by atoms with Gasteiger partial charge in [-0.15, -0.1) is 0 Å². The van der Waals surface area contributed by atoms with Crippen molar-refractivity contribution in [2.45, 2.75) is 32.6 Å². The van der Waals surface area contributed by atoms with Gasteiger partial charge in [0.1, 0.15) is 5.78 Å². The van der Waals surface area contributed by atoms with Crippen molar-refractivity contribution in [1.82, 2.24) is 5.32 Å². The Kier molecular flexibility index (Phi) is 4.75. The van der Waals surface area contributed by atoms with Gasteiger partial charge in [-0.2, -0.15) is 0 Å². The van der Waals surface area contributed by atoms with Crippen molar-refractivity contribution < 1.29 is 14.7 Å². The molecule has 15 heavy (non-hydrogen) atoms. The summed E-state index contributed by atoms with van der Waals surface area (Å²) in [5, 5.41) is 11.6. The number of carbonyl (C=O) groups is 2. The van der Waals surface area contributed by atoms with Gasteiger partial charge in [-0.3, -0.25) is 9.59 Å². The Hall–Kier alpha value is -0.900. The molecule has 1 amide bonds. The Morgan fingerprint density at radius 1 is 1.60 bits per heavy atom. The van der Waals surface area contributed by atoms with Gasteiger partial charge in [0.15, 0.2) is 0 Å². The van der Waals surface area contributed by atoms with Gasteiger partial charge < -0.3 is 10.4 Å². The van der Waals surface area contributed by atoms with Crippen LogP contribution in [-0.4, -0.2) is 29.9 Å². The molecule has 86 valence electrons. The molecule has 1 rings (SSSR count). The summed E-state index contributed by atoms with van der Waals surface area (Å²) in [4.78, 5) is 22.2. The lowest BCUT2D eigenvalue weighted by Crippen LogP contribution is -2.40. The van der Waals surface area contributed by atoms with E-state index in [1.807, 2.05) is 6.92 Å². The summed E-state index contributed by atoms with van der Waals surface area (Å²) in [5.74, 6) is 0.419. The van der Waals surface area contributed by atoms with Gasteiger partial charge in [0.2, 0.25) is 5.91 Å². The normalized spacial score (nSPS) is 18.4. The molecule has 1 atom stereocenters. The standard InChI is InChI=1S/C11H19NO3/c1-2-8(3-4-13)7-12-11(15)9-5-10(14)6-9/h8-9,13H,2-7H2,1H3,(H,12,15). The van der Waals surface area contributed by atoms with Crippen molar-refractivity contribution >= 4 is 11.7 Å². The molecule has 0 saturated heterocycles. The summed E-state index contributed by atoms with van der Waals surface area (Å²) >= 11 is 0. The van der Waals surface area contributed by atoms with Crippen molar-refractivity contribution in [1.29, 1.82) is 0 Å². The lowest BCUT2D eigenvalue weighted by Gasteiger charge is -2.24. The number of Topliss-reactive ketones (excluding diaryl/α,β-unsaturated/α-hetero) is 1. The fraction of sp³-hybridized carbons (Fsp3) is 0.818. The Morgan fingerprint density at radius 3 is 2.73 bits per heavy atom. The molecule has 1 saturated carbocycles. The first kappa shape index (κ1) is 12.2. The minimum Gasteiger partial charge on any atom is -0.396 e. The van der Waals surface area contributed by atoms with Gasteiger partial charge >= 0.3 is 0 Å². The SMILES string of the molecule is CCC(CCO)CNC(=O)C1CC(=O)C1. The average Bonchev–Trinajstić information content (AvgIpc) is 2.19. The summed E-state index contributed by atoms with van der Waals surface area (Å²) < 4.78 is 0. The molecule has 1 unspecified atom stereocenters. The first-order chi connectivity index (χ1) is 7.17. The van der Waals surface area contributed by atoms with Crippen LogP contribution in [0, 0.1) is 11.8 Å². The lowest BCUT2D eigenvalue weighted by molar-refractivity contribution is -0.138. The van der Waals surface area contributed by atoms with E-state index < -0.39 is 0 Å². The molecule has 0 bridgehead atoms. The molecule has 4 nitrogen and oxygen atoms in total. The van der Waals surface area contributed by atoms with Crippen LogP contribution in [0.25, 0.3) is 0 Å². The highest BCUT2D eigenvalue weighted by atomic mass is 16.3. The Labute approximate surface area is 90.0 Å². The summed E-state index contributed by atoms with van der Waals surface area (Å²) in [6.07, 6.45) is 2.48. The van der Waals surface area contributed by atoms with E-state index in [-0.39, 0.29) is 24.2 Å². The Morgan fingerprint density at radius 2 is 2.27 bits per heavy atom. The van der Waals surface area contributed by atoms with E-state index in [1.165, 1.54) is 0 Å². The molecule has 2 N–H and O–H groups in total. The first-order valence-electron chi connectivity index (χ1n) is 5.57. The molecule has 0 aromatic rings. The fourth-order valence-corrected chi connectivity index (χ4v) is 1.70. The zero-order chi connectivity index (χ0) is 11.3. The highest BCUT2D eigenvalue weighted by Crippen LogP contribution is 2.22. The van der Waals surface area contributed by atoms with E-state index in [9.17, 15) is 9.59 Å². The summed E-state index contributed by atoms with van der Waals surface area (Å²) in [5.41, 5.74) is 0. The van der Waals surface area contributed by atoms with E-state index in [0.717, 1.165) is 12.8 Å². The molecule has 4 heteroatoms. The molecule has 0 radical (unpaired) electrons. The van der Waals surface area contributed by atoms with Crippen molar-refractivity contribution in [3.05, 3.63) is 0 Å². The molecule has 0 spiro atoms. The smallest absolute Gasteiger partial charge is 0.224 e. The van der Waals surface area contributed by atoms with Crippen LogP contribution in [0.2, 0.25) is 0 Å². The zero-order valence-electron chi connectivity index (χ0n) is 9.16. The molecule has 1 fully saturated rings.